The van der Waals surface area contributed by atoms with Crippen LogP contribution in [0.15, 0.2) is 53.4 Å². The summed E-state index contributed by atoms with van der Waals surface area (Å²) >= 11 is 0. The van der Waals surface area contributed by atoms with Crippen LogP contribution in [0, 0.1) is 19.3 Å². The number of terminal acetylenes is 1. The van der Waals surface area contributed by atoms with Gasteiger partial charge in [-0.05, 0) is 31.2 Å². The molecule has 0 bridgehead atoms. The lowest BCUT2D eigenvalue weighted by Crippen LogP contribution is -2.19. The number of hydrogen-bond donors (Lipinski definition) is 0. The third kappa shape index (κ3) is 3.60. The molecule has 0 aliphatic heterocycles. The third-order valence-corrected chi connectivity index (χ3v) is 4.36. The lowest BCUT2D eigenvalue weighted by molar-refractivity contribution is 0.486. The van der Waals surface area contributed by atoms with E-state index >= 15 is 0 Å². The van der Waals surface area contributed by atoms with Gasteiger partial charge in [0.15, 0.2) is 5.75 Å². The first kappa shape index (κ1) is 15.9. The van der Waals surface area contributed by atoms with Crippen molar-refractivity contribution in [1.82, 2.24) is 0 Å². The molecule has 0 heterocycles. The van der Waals surface area contributed by atoms with Gasteiger partial charge in [-0.15, -0.1) is 6.42 Å². The second kappa shape index (κ2) is 6.54. The van der Waals surface area contributed by atoms with Crippen molar-refractivity contribution < 1.29 is 12.6 Å². The number of rotatable bonds is 5. The molecule has 0 aliphatic rings. The zero-order chi connectivity index (χ0) is 16.2. The Morgan fingerprint density at radius 1 is 1.14 bits per heavy atom. The Labute approximate surface area is 131 Å². The van der Waals surface area contributed by atoms with Crippen molar-refractivity contribution in [2.24, 2.45) is 0 Å². The van der Waals surface area contributed by atoms with Crippen molar-refractivity contribution in [3.8, 4) is 18.1 Å². The quantitative estimate of drug-likeness (QED) is 0.629. The second-order valence-corrected chi connectivity index (χ2v) is 6.42. The maximum atomic E-state index is 12.4. The summed E-state index contributed by atoms with van der Waals surface area (Å²) in [5.41, 5.74) is 1.60. The molecule has 0 radical (unpaired) electrons. The first-order valence-corrected chi connectivity index (χ1v) is 8.09. The summed E-state index contributed by atoms with van der Waals surface area (Å²) < 4.78 is 30.0. The number of para-hydroxylation sites is 2. The summed E-state index contributed by atoms with van der Waals surface area (Å²) in [6.45, 7) is 2.24. The van der Waals surface area contributed by atoms with Gasteiger partial charge in [0, 0.05) is 7.05 Å². The monoisotopic (exact) mass is 315 g/mol. The summed E-state index contributed by atoms with van der Waals surface area (Å²) in [6.07, 6.45) is 5.30. The van der Waals surface area contributed by atoms with E-state index in [0.29, 0.717) is 12.2 Å². The molecular weight excluding hydrogens is 298 g/mol. The van der Waals surface area contributed by atoms with E-state index < -0.39 is 10.1 Å². The van der Waals surface area contributed by atoms with E-state index in [-0.39, 0.29) is 10.6 Å². The molecule has 0 aromatic heterocycles. The second-order valence-electron chi connectivity index (χ2n) is 4.88. The van der Waals surface area contributed by atoms with Crippen LogP contribution in [0.1, 0.15) is 5.56 Å². The molecule has 2 rings (SSSR count). The van der Waals surface area contributed by atoms with E-state index in [1.54, 1.807) is 48.3 Å². The first-order chi connectivity index (χ1) is 10.4. The molecule has 2 aromatic carbocycles. The van der Waals surface area contributed by atoms with Crippen molar-refractivity contribution in [2.75, 3.05) is 18.5 Å². The Bertz CT molecular complexity index is 789. The molecule has 5 heteroatoms. The first-order valence-electron chi connectivity index (χ1n) is 6.69. The normalized spacial score (nSPS) is 10.8. The van der Waals surface area contributed by atoms with Gasteiger partial charge < -0.3 is 9.08 Å². The molecule has 0 unspecified atom stereocenters. The third-order valence-electron chi connectivity index (χ3n) is 3.11. The molecule has 114 valence electrons. The van der Waals surface area contributed by atoms with Crippen LogP contribution in [-0.4, -0.2) is 22.0 Å². The molecule has 0 atom stereocenters. The zero-order valence-electron chi connectivity index (χ0n) is 12.5. The molecule has 0 N–H and O–H groups in total. The van der Waals surface area contributed by atoms with Crippen molar-refractivity contribution in [3.05, 3.63) is 54.1 Å². The fraction of sp³-hybridized carbons (Fsp3) is 0.176. The molecule has 0 amide bonds. The zero-order valence-corrected chi connectivity index (χ0v) is 13.3. The van der Waals surface area contributed by atoms with E-state index in [0.717, 1.165) is 5.56 Å². The van der Waals surface area contributed by atoms with Gasteiger partial charge in [-0.25, -0.2) is 0 Å². The van der Waals surface area contributed by atoms with Gasteiger partial charge in [-0.3, -0.25) is 0 Å². The highest BCUT2D eigenvalue weighted by atomic mass is 32.2. The summed E-state index contributed by atoms with van der Waals surface area (Å²) in [7, 11) is -2.10. The molecular formula is C17H17NO3S. The number of nitrogens with zero attached hydrogens (tertiary/aromatic N) is 1. The molecule has 4 nitrogen and oxygen atoms in total. The fourth-order valence-electron chi connectivity index (χ4n) is 1.94. The minimum atomic E-state index is -3.88. The average molecular weight is 315 g/mol. The highest BCUT2D eigenvalue weighted by Crippen LogP contribution is 2.29. The van der Waals surface area contributed by atoms with Crippen LogP contribution in [-0.2, 0) is 10.1 Å². The van der Waals surface area contributed by atoms with Gasteiger partial charge in [0.2, 0.25) is 0 Å². The predicted molar refractivity (Wildman–Crippen MR) is 87.5 cm³/mol. The van der Waals surface area contributed by atoms with Crippen LogP contribution in [0.3, 0.4) is 0 Å². The van der Waals surface area contributed by atoms with Crippen LogP contribution in [0.5, 0.6) is 5.75 Å². The lowest BCUT2D eigenvalue weighted by atomic mass is 10.2. The molecule has 0 saturated carbocycles. The minimum Gasteiger partial charge on any atom is -0.377 e. The van der Waals surface area contributed by atoms with Gasteiger partial charge >= 0.3 is 10.1 Å². The van der Waals surface area contributed by atoms with E-state index in [4.69, 9.17) is 10.6 Å². The van der Waals surface area contributed by atoms with Gasteiger partial charge in [-0.1, -0.05) is 35.7 Å². The summed E-state index contributed by atoms with van der Waals surface area (Å²) in [4.78, 5) is 1.87. The smallest absolute Gasteiger partial charge is 0.339 e. The SMILES string of the molecule is C#CCN(C)c1ccccc1OS(=O)(=O)c1ccc(C)cc1. The van der Waals surface area contributed by atoms with Crippen molar-refractivity contribution in [1.29, 1.82) is 0 Å². The van der Waals surface area contributed by atoms with Crippen molar-refractivity contribution in [3.63, 3.8) is 0 Å². The van der Waals surface area contributed by atoms with Crippen LogP contribution in [0.2, 0.25) is 0 Å². The predicted octanol–water partition coefficient (Wildman–Crippen LogP) is 2.83. The standard InChI is InChI=1S/C17H17NO3S/c1-4-13-18(3)16-7-5-6-8-17(16)21-22(19,20)15-11-9-14(2)10-12-15/h1,5-12H,13H2,2-3H3. The topological polar surface area (TPSA) is 46.6 Å². The minimum absolute atomic E-state index is 0.118. The maximum Gasteiger partial charge on any atom is 0.339 e. The number of benzene rings is 2. The van der Waals surface area contributed by atoms with Gasteiger partial charge in [0.05, 0.1) is 12.2 Å². The average Bonchev–Trinajstić information content (AvgIpc) is 2.48. The highest BCUT2D eigenvalue weighted by molar-refractivity contribution is 7.87. The van der Waals surface area contributed by atoms with Gasteiger partial charge in [0.25, 0.3) is 0 Å². The summed E-state index contributed by atoms with van der Waals surface area (Å²) in [5.74, 6) is 2.77. The van der Waals surface area contributed by atoms with Crippen LogP contribution in [0.4, 0.5) is 5.69 Å². The Balaban J connectivity index is 2.34. The largest absolute Gasteiger partial charge is 0.377 e. The molecule has 22 heavy (non-hydrogen) atoms. The molecule has 0 fully saturated rings. The van der Waals surface area contributed by atoms with Crippen molar-refractivity contribution >= 4 is 15.8 Å². The van der Waals surface area contributed by atoms with E-state index in [2.05, 4.69) is 5.92 Å². The number of hydrogen-bond acceptors (Lipinski definition) is 4. The molecule has 0 spiro atoms. The highest BCUT2D eigenvalue weighted by Gasteiger charge is 2.19. The molecule has 0 aliphatic carbocycles. The van der Waals surface area contributed by atoms with E-state index in [1.165, 1.54) is 12.1 Å². The number of aryl methyl sites for hydroxylation is 1. The van der Waals surface area contributed by atoms with Crippen LogP contribution < -0.4 is 9.08 Å². The Morgan fingerprint density at radius 3 is 2.41 bits per heavy atom. The van der Waals surface area contributed by atoms with Crippen LogP contribution in [0.25, 0.3) is 0 Å². The molecule has 0 saturated heterocycles. The Hall–Kier alpha value is -2.45. The van der Waals surface area contributed by atoms with E-state index in [9.17, 15) is 8.42 Å². The Kier molecular flexibility index (Phi) is 4.74. The maximum absolute atomic E-state index is 12.4. The Morgan fingerprint density at radius 2 is 1.77 bits per heavy atom. The molecule has 2 aromatic rings. The van der Waals surface area contributed by atoms with Gasteiger partial charge in [-0.2, -0.15) is 8.42 Å². The summed E-state index contributed by atoms with van der Waals surface area (Å²) in [6, 6.07) is 13.4. The van der Waals surface area contributed by atoms with E-state index in [1.807, 2.05) is 6.92 Å². The number of anilines is 1. The lowest BCUT2D eigenvalue weighted by Gasteiger charge is -2.19. The van der Waals surface area contributed by atoms with Crippen LogP contribution >= 0.6 is 0 Å². The summed E-state index contributed by atoms with van der Waals surface area (Å²) in [5, 5.41) is 0. The van der Waals surface area contributed by atoms with Crippen molar-refractivity contribution in [2.45, 2.75) is 11.8 Å². The fourth-order valence-corrected chi connectivity index (χ4v) is 2.88. The van der Waals surface area contributed by atoms with Gasteiger partial charge in [0.1, 0.15) is 4.90 Å².